The Morgan fingerprint density at radius 1 is 1.20 bits per heavy atom. The monoisotopic (exact) mass is 287 g/mol. The average molecular weight is 288 g/mol. The Labute approximate surface area is 123 Å². The van der Waals surface area contributed by atoms with E-state index in [1.165, 1.54) is 31.7 Å². The molecule has 0 bridgehead atoms. The van der Waals surface area contributed by atoms with Crippen LogP contribution in [0.2, 0.25) is 5.02 Å². The Hall–Kier alpha value is -1.16. The van der Waals surface area contributed by atoms with Crippen molar-refractivity contribution in [2.24, 2.45) is 11.8 Å². The standard InChI is InChI=1S/C16H18ClN3/c17-15-4-3-11(16-14(15)2-1-5-19-16)8-20-9-12-6-18-7-13(12)10-20/h1-5,12-13,18H,6-10H2/t12-,13+. The second-order valence-corrected chi connectivity index (χ2v) is 6.39. The highest BCUT2D eigenvalue weighted by atomic mass is 35.5. The smallest absolute Gasteiger partial charge is 0.0761 e. The van der Waals surface area contributed by atoms with Crippen molar-refractivity contribution in [1.82, 2.24) is 15.2 Å². The zero-order chi connectivity index (χ0) is 13.5. The number of likely N-dealkylation sites (tertiary alicyclic amines) is 1. The van der Waals surface area contributed by atoms with Crippen molar-refractivity contribution >= 4 is 22.5 Å². The maximum Gasteiger partial charge on any atom is 0.0761 e. The van der Waals surface area contributed by atoms with Gasteiger partial charge in [0.25, 0.3) is 0 Å². The molecule has 0 amide bonds. The van der Waals surface area contributed by atoms with Gasteiger partial charge in [-0.3, -0.25) is 9.88 Å². The van der Waals surface area contributed by atoms with Gasteiger partial charge >= 0.3 is 0 Å². The maximum absolute atomic E-state index is 6.26. The second-order valence-electron chi connectivity index (χ2n) is 5.98. The highest BCUT2D eigenvalue weighted by Gasteiger charge is 2.35. The summed E-state index contributed by atoms with van der Waals surface area (Å²) < 4.78 is 0. The van der Waals surface area contributed by atoms with E-state index in [0.29, 0.717) is 0 Å². The number of fused-ring (bicyclic) bond motifs is 2. The summed E-state index contributed by atoms with van der Waals surface area (Å²) in [4.78, 5) is 7.10. The van der Waals surface area contributed by atoms with Gasteiger partial charge in [-0.25, -0.2) is 0 Å². The summed E-state index contributed by atoms with van der Waals surface area (Å²) >= 11 is 6.26. The van der Waals surface area contributed by atoms with Crippen LogP contribution in [-0.2, 0) is 6.54 Å². The molecule has 3 nitrogen and oxygen atoms in total. The molecule has 1 aromatic heterocycles. The predicted octanol–water partition coefficient (Wildman–Crippen LogP) is 2.54. The number of rotatable bonds is 2. The fourth-order valence-corrected chi connectivity index (χ4v) is 3.86. The molecule has 1 N–H and O–H groups in total. The number of hydrogen-bond acceptors (Lipinski definition) is 3. The van der Waals surface area contributed by atoms with Crippen LogP contribution in [0, 0.1) is 11.8 Å². The first-order chi connectivity index (χ1) is 9.81. The number of hydrogen-bond donors (Lipinski definition) is 1. The number of pyridine rings is 1. The SMILES string of the molecule is Clc1ccc(CN2C[C@H]3CNC[C@H]3C2)c2ncccc12. The number of nitrogens with one attached hydrogen (secondary N) is 1. The first kappa shape index (κ1) is 12.6. The molecule has 0 aliphatic carbocycles. The van der Waals surface area contributed by atoms with Gasteiger partial charge in [0, 0.05) is 36.2 Å². The summed E-state index contributed by atoms with van der Waals surface area (Å²) in [7, 11) is 0. The number of benzene rings is 1. The summed E-state index contributed by atoms with van der Waals surface area (Å²) in [6.45, 7) is 5.75. The molecular formula is C16H18ClN3. The maximum atomic E-state index is 6.26. The molecule has 2 saturated heterocycles. The van der Waals surface area contributed by atoms with Gasteiger partial charge in [-0.05, 0) is 48.7 Å². The van der Waals surface area contributed by atoms with Crippen LogP contribution in [0.5, 0.6) is 0 Å². The van der Waals surface area contributed by atoms with Crippen LogP contribution in [0.15, 0.2) is 30.5 Å². The van der Waals surface area contributed by atoms with E-state index in [-0.39, 0.29) is 0 Å². The number of nitrogens with zero attached hydrogens (tertiary/aromatic N) is 2. The molecule has 4 rings (SSSR count). The fourth-order valence-electron chi connectivity index (χ4n) is 3.65. The lowest BCUT2D eigenvalue weighted by atomic mass is 10.0. The van der Waals surface area contributed by atoms with Crippen molar-refractivity contribution in [1.29, 1.82) is 0 Å². The molecule has 3 heterocycles. The van der Waals surface area contributed by atoms with E-state index >= 15 is 0 Å². The van der Waals surface area contributed by atoms with Gasteiger partial charge in [0.15, 0.2) is 0 Å². The second kappa shape index (κ2) is 4.99. The zero-order valence-electron chi connectivity index (χ0n) is 11.3. The predicted molar refractivity (Wildman–Crippen MR) is 81.9 cm³/mol. The van der Waals surface area contributed by atoms with Gasteiger partial charge in [-0.15, -0.1) is 0 Å². The summed E-state index contributed by atoms with van der Waals surface area (Å²) in [5, 5.41) is 5.34. The average Bonchev–Trinajstić information content (AvgIpc) is 3.03. The highest BCUT2D eigenvalue weighted by molar-refractivity contribution is 6.35. The summed E-state index contributed by atoms with van der Waals surface area (Å²) in [5.74, 6) is 1.67. The molecule has 2 fully saturated rings. The van der Waals surface area contributed by atoms with Crippen LogP contribution >= 0.6 is 11.6 Å². The Bertz CT molecular complexity index is 631. The number of aromatic nitrogens is 1. The van der Waals surface area contributed by atoms with E-state index in [4.69, 9.17) is 11.6 Å². The van der Waals surface area contributed by atoms with Crippen LogP contribution in [-0.4, -0.2) is 36.1 Å². The third-order valence-electron chi connectivity index (χ3n) is 4.66. The van der Waals surface area contributed by atoms with Gasteiger partial charge in [0.1, 0.15) is 0 Å². The van der Waals surface area contributed by atoms with Gasteiger partial charge in [0.05, 0.1) is 5.52 Å². The normalized spacial score (nSPS) is 26.2. The summed E-state index contributed by atoms with van der Waals surface area (Å²) in [6.07, 6.45) is 1.85. The van der Waals surface area contributed by atoms with E-state index in [0.717, 1.165) is 34.3 Å². The fraction of sp³-hybridized carbons (Fsp3) is 0.438. The van der Waals surface area contributed by atoms with Gasteiger partial charge in [0.2, 0.25) is 0 Å². The molecule has 2 aliphatic rings. The van der Waals surface area contributed by atoms with Crippen molar-refractivity contribution in [3.63, 3.8) is 0 Å². The molecule has 104 valence electrons. The van der Waals surface area contributed by atoms with Crippen LogP contribution in [0.3, 0.4) is 0 Å². The number of halogens is 1. The molecule has 2 aliphatic heterocycles. The van der Waals surface area contributed by atoms with Crippen molar-refractivity contribution in [2.75, 3.05) is 26.2 Å². The lowest BCUT2D eigenvalue weighted by Gasteiger charge is -2.18. The van der Waals surface area contributed by atoms with Crippen LogP contribution in [0.25, 0.3) is 10.9 Å². The molecule has 2 atom stereocenters. The molecule has 0 spiro atoms. The van der Waals surface area contributed by atoms with E-state index in [2.05, 4.69) is 27.3 Å². The van der Waals surface area contributed by atoms with E-state index in [1.54, 1.807) is 0 Å². The van der Waals surface area contributed by atoms with Gasteiger partial charge in [-0.1, -0.05) is 17.7 Å². The Kier molecular flexibility index (Phi) is 3.14. The topological polar surface area (TPSA) is 28.2 Å². The van der Waals surface area contributed by atoms with Crippen LogP contribution in [0.1, 0.15) is 5.56 Å². The zero-order valence-corrected chi connectivity index (χ0v) is 12.1. The molecule has 0 radical (unpaired) electrons. The van der Waals surface area contributed by atoms with Gasteiger partial charge in [-0.2, -0.15) is 0 Å². The molecule has 1 aromatic carbocycles. The Morgan fingerprint density at radius 3 is 2.80 bits per heavy atom. The molecule has 2 aromatic rings. The van der Waals surface area contributed by atoms with Crippen LogP contribution < -0.4 is 5.32 Å². The van der Waals surface area contributed by atoms with Gasteiger partial charge < -0.3 is 5.32 Å². The minimum absolute atomic E-state index is 0.791. The molecule has 20 heavy (non-hydrogen) atoms. The first-order valence-electron chi connectivity index (χ1n) is 7.26. The van der Waals surface area contributed by atoms with Crippen molar-refractivity contribution in [3.05, 3.63) is 41.0 Å². The first-order valence-corrected chi connectivity index (χ1v) is 7.64. The summed E-state index contributed by atoms with van der Waals surface area (Å²) in [5.41, 5.74) is 2.34. The molecule has 0 saturated carbocycles. The quantitative estimate of drug-likeness (QED) is 0.920. The van der Waals surface area contributed by atoms with E-state index in [1.807, 2.05) is 18.3 Å². The lowest BCUT2D eigenvalue weighted by Crippen LogP contribution is -2.25. The highest BCUT2D eigenvalue weighted by Crippen LogP contribution is 2.30. The summed E-state index contributed by atoms with van der Waals surface area (Å²) in [6, 6.07) is 8.13. The minimum Gasteiger partial charge on any atom is -0.316 e. The van der Waals surface area contributed by atoms with E-state index < -0.39 is 0 Å². The largest absolute Gasteiger partial charge is 0.316 e. The lowest BCUT2D eigenvalue weighted by molar-refractivity contribution is 0.306. The van der Waals surface area contributed by atoms with E-state index in [9.17, 15) is 0 Å². The van der Waals surface area contributed by atoms with Crippen molar-refractivity contribution in [2.45, 2.75) is 6.54 Å². The van der Waals surface area contributed by atoms with Crippen LogP contribution in [0.4, 0.5) is 0 Å². The van der Waals surface area contributed by atoms with Crippen molar-refractivity contribution < 1.29 is 0 Å². The third kappa shape index (κ3) is 2.10. The van der Waals surface area contributed by atoms with Crippen molar-refractivity contribution in [3.8, 4) is 0 Å². The molecule has 0 unspecified atom stereocenters. The third-order valence-corrected chi connectivity index (χ3v) is 4.99. The molecular weight excluding hydrogens is 270 g/mol. The Balaban J connectivity index is 1.62. The Morgan fingerprint density at radius 2 is 2.00 bits per heavy atom. The minimum atomic E-state index is 0.791. The molecule has 4 heteroatoms.